The molecule has 3 fully saturated rings. The van der Waals surface area contributed by atoms with Crippen LogP contribution >= 0.6 is 0 Å². The van der Waals surface area contributed by atoms with Gasteiger partial charge in [0.15, 0.2) is 12.1 Å². The first-order chi connectivity index (χ1) is 18.5. The molecular formula is C33H48O7. The van der Waals surface area contributed by atoms with E-state index in [0.29, 0.717) is 24.8 Å². The summed E-state index contributed by atoms with van der Waals surface area (Å²) in [5, 5.41) is 22.9. The first-order valence-electron chi connectivity index (χ1n) is 14.8. The van der Waals surface area contributed by atoms with Gasteiger partial charge in [0.25, 0.3) is 0 Å². The molecule has 0 bridgehead atoms. The van der Waals surface area contributed by atoms with Crippen molar-refractivity contribution in [1.82, 2.24) is 0 Å². The highest BCUT2D eigenvalue weighted by molar-refractivity contribution is 5.95. The standard InChI is InChI=1S/C33H48O7/c1-17(2)27(37)22-14-19(29(38-9)40-22)20-10-11-23-32(20,7)16-21(35)28-31(6)13-12-25(36)30(4,5)24(31)15-26(33(23,28)8)39-18(3)34/h11-13,19-22,24,26-29,35,37H,1,10,14-16H2,2-9H3/t19-,20-,21+,22+,24-,26+,27+,28+,29+,31-,32-,33+/m0/s1. The second-order valence-electron chi connectivity index (χ2n) is 14.6. The molecule has 0 amide bonds. The summed E-state index contributed by atoms with van der Waals surface area (Å²) in [7, 11) is 1.64. The Hall–Kier alpha value is -1.80. The Morgan fingerprint density at radius 2 is 1.85 bits per heavy atom. The third kappa shape index (κ3) is 3.98. The van der Waals surface area contributed by atoms with Crippen LogP contribution in [0.5, 0.6) is 0 Å². The van der Waals surface area contributed by atoms with Crippen molar-refractivity contribution in [3.05, 3.63) is 36.0 Å². The molecule has 0 aromatic heterocycles. The molecule has 222 valence electrons. The first kappa shape index (κ1) is 29.7. The lowest BCUT2D eigenvalue weighted by molar-refractivity contribution is -0.212. The molecular weight excluding hydrogens is 508 g/mol. The second kappa shape index (κ2) is 9.62. The Balaban J connectivity index is 1.58. The number of carbonyl (C=O) groups is 2. The zero-order chi connectivity index (χ0) is 29.6. The Morgan fingerprint density at radius 1 is 1.18 bits per heavy atom. The number of ketones is 1. The van der Waals surface area contributed by atoms with Gasteiger partial charge in [0.05, 0.1) is 12.2 Å². The molecule has 1 heterocycles. The summed E-state index contributed by atoms with van der Waals surface area (Å²) in [6, 6.07) is 0. The molecule has 5 aliphatic rings. The summed E-state index contributed by atoms with van der Waals surface area (Å²) < 4.78 is 18.2. The van der Waals surface area contributed by atoms with E-state index in [-0.39, 0.29) is 40.8 Å². The number of hydrogen-bond acceptors (Lipinski definition) is 7. The van der Waals surface area contributed by atoms with Crippen LogP contribution in [0.4, 0.5) is 0 Å². The highest BCUT2D eigenvalue weighted by Crippen LogP contribution is 2.72. The third-order valence-electron chi connectivity index (χ3n) is 12.0. The molecule has 0 unspecified atom stereocenters. The quantitative estimate of drug-likeness (QED) is 0.372. The van der Waals surface area contributed by atoms with Gasteiger partial charge >= 0.3 is 5.97 Å². The predicted octanol–water partition coefficient (Wildman–Crippen LogP) is 4.76. The average molecular weight is 557 g/mol. The minimum atomic E-state index is -0.768. The molecule has 0 aromatic carbocycles. The molecule has 12 atom stereocenters. The van der Waals surface area contributed by atoms with Gasteiger partial charge in [0.1, 0.15) is 12.2 Å². The van der Waals surface area contributed by atoms with E-state index in [1.807, 2.05) is 19.9 Å². The summed E-state index contributed by atoms with van der Waals surface area (Å²) in [6.45, 7) is 17.7. The lowest BCUT2D eigenvalue weighted by Gasteiger charge is -2.67. The van der Waals surface area contributed by atoms with Gasteiger partial charge in [-0.3, -0.25) is 9.59 Å². The van der Waals surface area contributed by atoms with Crippen molar-refractivity contribution >= 4 is 11.8 Å². The molecule has 0 spiro atoms. The van der Waals surface area contributed by atoms with Crippen molar-refractivity contribution in [3.8, 4) is 0 Å². The van der Waals surface area contributed by atoms with E-state index in [4.69, 9.17) is 14.2 Å². The fourth-order valence-corrected chi connectivity index (χ4v) is 10.3. The van der Waals surface area contributed by atoms with Crippen molar-refractivity contribution in [2.24, 2.45) is 45.3 Å². The molecule has 0 aromatic rings. The number of rotatable bonds is 5. The largest absolute Gasteiger partial charge is 0.462 e. The maximum Gasteiger partial charge on any atom is 0.302 e. The molecule has 7 nitrogen and oxygen atoms in total. The van der Waals surface area contributed by atoms with Crippen LogP contribution in [-0.4, -0.2) is 59.8 Å². The zero-order valence-electron chi connectivity index (χ0n) is 25.4. The fourth-order valence-electron chi connectivity index (χ4n) is 10.3. The molecule has 4 aliphatic carbocycles. The highest BCUT2D eigenvalue weighted by Gasteiger charge is 2.71. The van der Waals surface area contributed by atoms with Gasteiger partial charge in [-0.15, -0.1) is 0 Å². The van der Waals surface area contributed by atoms with E-state index in [9.17, 15) is 19.8 Å². The summed E-state index contributed by atoms with van der Waals surface area (Å²) in [5.41, 5.74) is -0.210. The lowest BCUT2D eigenvalue weighted by atomic mass is 9.37. The maximum atomic E-state index is 13.0. The van der Waals surface area contributed by atoms with E-state index in [1.165, 1.54) is 12.5 Å². The summed E-state index contributed by atoms with van der Waals surface area (Å²) in [5.74, 6) is -0.455. The number of hydrogen-bond donors (Lipinski definition) is 2. The number of aliphatic hydroxyl groups excluding tert-OH is 2. The normalized spacial score (nSPS) is 48.0. The van der Waals surface area contributed by atoms with Crippen LogP contribution in [0.2, 0.25) is 0 Å². The van der Waals surface area contributed by atoms with Gasteiger partial charge in [0.2, 0.25) is 0 Å². The van der Waals surface area contributed by atoms with Crippen LogP contribution in [0.1, 0.15) is 74.1 Å². The predicted molar refractivity (Wildman–Crippen MR) is 151 cm³/mol. The van der Waals surface area contributed by atoms with Crippen molar-refractivity contribution < 1.29 is 34.0 Å². The molecule has 0 radical (unpaired) electrons. The summed E-state index contributed by atoms with van der Waals surface area (Å²) in [4.78, 5) is 25.6. The van der Waals surface area contributed by atoms with E-state index in [0.717, 1.165) is 6.42 Å². The van der Waals surface area contributed by atoms with Crippen molar-refractivity contribution in [2.75, 3.05) is 7.11 Å². The van der Waals surface area contributed by atoms with Gasteiger partial charge in [-0.25, -0.2) is 0 Å². The number of esters is 1. The van der Waals surface area contributed by atoms with Gasteiger partial charge in [-0.05, 0) is 66.9 Å². The number of fused-ring (bicyclic) bond motifs is 5. The number of methoxy groups -OCH3 is 1. The van der Waals surface area contributed by atoms with E-state index in [1.54, 1.807) is 20.1 Å². The van der Waals surface area contributed by atoms with Gasteiger partial charge < -0.3 is 24.4 Å². The monoisotopic (exact) mass is 556 g/mol. The second-order valence-corrected chi connectivity index (χ2v) is 14.6. The lowest BCUT2D eigenvalue weighted by Crippen LogP contribution is -2.68. The molecule has 2 N–H and O–H groups in total. The van der Waals surface area contributed by atoms with E-state index < -0.39 is 47.0 Å². The summed E-state index contributed by atoms with van der Waals surface area (Å²) >= 11 is 0. The molecule has 1 aliphatic heterocycles. The Bertz CT molecular complexity index is 1150. The summed E-state index contributed by atoms with van der Waals surface area (Å²) in [6.07, 6.45) is 5.82. The van der Waals surface area contributed by atoms with Crippen LogP contribution in [0, 0.1) is 45.3 Å². The molecule has 7 heteroatoms. The number of allylic oxidation sites excluding steroid dienone is 3. The smallest absolute Gasteiger partial charge is 0.302 e. The minimum Gasteiger partial charge on any atom is -0.462 e. The van der Waals surface area contributed by atoms with Crippen LogP contribution in [0.15, 0.2) is 36.0 Å². The van der Waals surface area contributed by atoms with Gasteiger partial charge in [0, 0.05) is 36.7 Å². The number of aliphatic hydroxyl groups is 2. The zero-order valence-corrected chi connectivity index (χ0v) is 25.4. The van der Waals surface area contributed by atoms with Gasteiger partial charge in [-0.2, -0.15) is 0 Å². The Labute approximate surface area is 239 Å². The molecule has 5 rings (SSSR count). The Morgan fingerprint density at radius 3 is 2.45 bits per heavy atom. The minimum absolute atomic E-state index is 0.0142. The van der Waals surface area contributed by atoms with Crippen LogP contribution in [0.25, 0.3) is 0 Å². The van der Waals surface area contributed by atoms with Crippen LogP contribution in [0.3, 0.4) is 0 Å². The van der Waals surface area contributed by atoms with Crippen LogP contribution in [-0.2, 0) is 23.8 Å². The number of ether oxygens (including phenoxy) is 3. The Kier molecular flexibility index (Phi) is 7.14. The number of carbonyl (C=O) groups excluding carboxylic acids is 2. The topological polar surface area (TPSA) is 102 Å². The van der Waals surface area contributed by atoms with E-state index in [2.05, 4.69) is 33.4 Å². The fraction of sp³-hybridized carbons (Fsp3) is 0.758. The molecule has 1 saturated heterocycles. The third-order valence-corrected chi connectivity index (χ3v) is 12.0. The first-order valence-corrected chi connectivity index (χ1v) is 14.8. The molecule has 2 saturated carbocycles. The van der Waals surface area contributed by atoms with Crippen molar-refractivity contribution in [2.45, 2.75) is 105 Å². The van der Waals surface area contributed by atoms with E-state index >= 15 is 0 Å². The van der Waals surface area contributed by atoms with Crippen molar-refractivity contribution in [3.63, 3.8) is 0 Å². The molecule has 40 heavy (non-hydrogen) atoms. The van der Waals surface area contributed by atoms with Crippen LogP contribution < -0.4 is 0 Å². The highest BCUT2D eigenvalue weighted by atomic mass is 16.7. The average Bonchev–Trinajstić information content (AvgIpc) is 3.43. The van der Waals surface area contributed by atoms with Crippen molar-refractivity contribution in [1.29, 1.82) is 0 Å². The van der Waals surface area contributed by atoms with Gasteiger partial charge in [-0.1, -0.05) is 58.9 Å². The maximum absolute atomic E-state index is 13.0. The SMILES string of the molecule is C=C(C)[C@@H](O)[C@H]1C[C@@H]([C@@H]2CC=C3[C@@]4(C)[C@H]([C@H](O)C[C@]32C)[C@@]2(C)C=CC(=O)C(C)(C)[C@@H]2C[C@H]4OC(C)=O)[C@H](OC)O1.